The highest BCUT2D eigenvalue weighted by Gasteiger charge is 2.15. The monoisotopic (exact) mass is 281 g/mol. The molecule has 0 bridgehead atoms. The average Bonchev–Trinajstić information content (AvgIpc) is 2.40. The summed E-state index contributed by atoms with van der Waals surface area (Å²) in [6.07, 6.45) is 0.646. The molecule has 0 aliphatic heterocycles. The molecule has 106 valence electrons. The van der Waals surface area contributed by atoms with Crippen molar-refractivity contribution in [1.29, 1.82) is 0 Å². The first-order valence-corrected chi connectivity index (χ1v) is 7.82. The highest BCUT2D eigenvalue weighted by molar-refractivity contribution is 7.99. The molecule has 19 heavy (non-hydrogen) atoms. The van der Waals surface area contributed by atoms with Crippen LogP contribution in [-0.4, -0.2) is 40.9 Å². The standard InChI is InChI=1S/C15H23NO2S/c1-13(2)16(9-6-10-17)15(18)12-19-11-14-7-4-3-5-8-14/h3-5,7-8,13,17H,6,9-12H2,1-2H3. The molecule has 0 aliphatic carbocycles. The Hall–Kier alpha value is -1.00. The zero-order valence-corrected chi connectivity index (χ0v) is 12.5. The van der Waals surface area contributed by atoms with E-state index < -0.39 is 0 Å². The molecule has 0 fully saturated rings. The normalized spacial score (nSPS) is 10.7. The van der Waals surface area contributed by atoms with Crippen LogP contribution in [0.15, 0.2) is 30.3 Å². The molecule has 0 aromatic heterocycles. The van der Waals surface area contributed by atoms with Crippen LogP contribution >= 0.6 is 11.8 Å². The Kier molecular flexibility index (Phi) is 7.60. The van der Waals surface area contributed by atoms with E-state index in [1.165, 1.54) is 5.56 Å². The summed E-state index contributed by atoms with van der Waals surface area (Å²) in [5.41, 5.74) is 1.24. The maximum Gasteiger partial charge on any atom is 0.232 e. The molecule has 0 unspecified atom stereocenters. The summed E-state index contributed by atoms with van der Waals surface area (Å²) in [4.78, 5) is 13.9. The number of carbonyl (C=O) groups excluding carboxylic acids is 1. The molecule has 0 heterocycles. The van der Waals surface area contributed by atoms with Gasteiger partial charge in [-0.1, -0.05) is 30.3 Å². The summed E-state index contributed by atoms with van der Waals surface area (Å²) in [6, 6.07) is 10.4. The highest BCUT2D eigenvalue weighted by Crippen LogP contribution is 2.13. The summed E-state index contributed by atoms with van der Waals surface area (Å²) < 4.78 is 0. The Labute approximate surface area is 120 Å². The molecule has 1 aromatic rings. The van der Waals surface area contributed by atoms with E-state index in [1.54, 1.807) is 11.8 Å². The van der Waals surface area contributed by atoms with Crippen LogP contribution in [-0.2, 0) is 10.5 Å². The van der Waals surface area contributed by atoms with Gasteiger partial charge in [-0.05, 0) is 25.8 Å². The van der Waals surface area contributed by atoms with Gasteiger partial charge in [0.15, 0.2) is 0 Å². The van der Waals surface area contributed by atoms with Gasteiger partial charge in [0.25, 0.3) is 0 Å². The Morgan fingerprint density at radius 2 is 2.00 bits per heavy atom. The molecule has 4 heteroatoms. The zero-order valence-electron chi connectivity index (χ0n) is 11.7. The number of benzene rings is 1. The van der Waals surface area contributed by atoms with Crippen LogP contribution < -0.4 is 0 Å². The second-order valence-electron chi connectivity index (χ2n) is 4.74. The molecule has 1 amide bonds. The number of hydrogen-bond donors (Lipinski definition) is 1. The third-order valence-electron chi connectivity index (χ3n) is 2.84. The second-order valence-corrected chi connectivity index (χ2v) is 5.72. The van der Waals surface area contributed by atoms with Crippen LogP contribution in [0.1, 0.15) is 25.8 Å². The Bertz CT molecular complexity index is 368. The summed E-state index contributed by atoms with van der Waals surface area (Å²) >= 11 is 1.64. The minimum atomic E-state index is 0.133. The van der Waals surface area contributed by atoms with Gasteiger partial charge in [0.05, 0.1) is 5.75 Å². The van der Waals surface area contributed by atoms with Crippen molar-refractivity contribution in [3.05, 3.63) is 35.9 Å². The van der Waals surface area contributed by atoms with Crippen molar-refractivity contribution >= 4 is 17.7 Å². The second kappa shape index (κ2) is 8.99. The molecule has 1 rings (SSSR count). The Morgan fingerprint density at radius 1 is 1.32 bits per heavy atom. The number of rotatable bonds is 8. The molecule has 1 aromatic carbocycles. The third kappa shape index (κ3) is 6.12. The van der Waals surface area contributed by atoms with Gasteiger partial charge < -0.3 is 10.0 Å². The molecule has 0 atom stereocenters. The number of hydrogen-bond acceptors (Lipinski definition) is 3. The first-order chi connectivity index (χ1) is 9.15. The fraction of sp³-hybridized carbons (Fsp3) is 0.533. The first-order valence-electron chi connectivity index (χ1n) is 6.67. The van der Waals surface area contributed by atoms with Gasteiger partial charge in [-0.2, -0.15) is 0 Å². The summed E-state index contributed by atoms with van der Waals surface area (Å²) in [6.45, 7) is 4.79. The van der Waals surface area contributed by atoms with E-state index in [9.17, 15) is 4.79 Å². The lowest BCUT2D eigenvalue weighted by Crippen LogP contribution is -2.39. The van der Waals surface area contributed by atoms with Gasteiger partial charge in [-0.15, -0.1) is 11.8 Å². The van der Waals surface area contributed by atoms with Gasteiger partial charge >= 0.3 is 0 Å². The number of aliphatic hydroxyl groups is 1. The van der Waals surface area contributed by atoms with Crippen molar-refractivity contribution in [2.45, 2.75) is 32.1 Å². The van der Waals surface area contributed by atoms with Crippen LogP contribution in [0.3, 0.4) is 0 Å². The van der Waals surface area contributed by atoms with E-state index in [2.05, 4.69) is 12.1 Å². The molecule has 0 saturated carbocycles. The predicted octanol–water partition coefficient (Wildman–Crippen LogP) is 2.54. The van der Waals surface area contributed by atoms with E-state index in [0.29, 0.717) is 18.7 Å². The summed E-state index contributed by atoms with van der Waals surface area (Å²) in [5.74, 6) is 1.51. The third-order valence-corrected chi connectivity index (χ3v) is 3.83. The smallest absolute Gasteiger partial charge is 0.232 e. The maximum atomic E-state index is 12.1. The molecule has 0 spiro atoms. The molecule has 0 saturated heterocycles. The molecular formula is C15H23NO2S. The largest absolute Gasteiger partial charge is 0.396 e. The van der Waals surface area contributed by atoms with Crippen molar-refractivity contribution < 1.29 is 9.90 Å². The van der Waals surface area contributed by atoms with Crippen LogP contribution in [0.25, 0.3) is 0 Å². The lowest BCUT2D eigenvalue weighted by atomic mass is 10.2. The van der Waals surface area contributed by atoms with E-state index in [-0.39, 0.29) is 18.6 Å². The van der Waals surface area contributed by atoms with Crippen LogP contribution in [0, 0.1) is 0 Å². The lowest BCUT2D eigenvalue weighted by molar-refractivity contribution is -0.130. The average molecular weight is 281 g/mol. The number of carbonyl (C=O) groups is 1. The number of aliphatic hydroxyl groups excluding tert-OH is 1. The van der Waals surface area contributed by atoms with Crippen molar-refractivity contribution in [3.8, 4) is 0 Å². The maximum absolute atomic E-state index is 12.1. The van der Waals surface area contributed by atoms with Crippen molar-refractivity contribution in [2.75, 3.05) is 18.9 Å². The minimum absolute atomic E-state index is 0.133. The lowest BCUT2D eigenvalue weighted by Gasteiger charge is -2.26. The molecule has 1 N–H and O–H groups in total. The van der Waals surface area contributed by atoms with E-state index in [4.69, 9.17) is 5.11 Å². The molecular weight excluding hydrogens is 258 g/mol. The Balaban J connectivity index is 2.35. The van der Waals surface area contributed by atoms with Gasteiger partial charge in [0.1, 0.15) is 0 Å². The van der Waals surface area contributed by atoms with Crippen molar-refractivity contribution in [3.63, 3.8) is 0 Å². The Morgan fingerprint density at radius 3 is 2.58 bits per heavy atom. The van der Waals surface area contributed by atoms with E-state index in [0.717, 1.165) is 5.75 Å². The zero-order chi connectivity index (χ0) is 14.1. The van der Waals surface area contributed by atoms with Crippen molar-refractivity contribution in [2.24, 2.45) is 0 Å². The first kappa shape index (κ1) is 16.1. The SMILES string of the molecule is CC(C)N(CCCO)C(=O)CSCc1ccccc1. The fourth-order valence-electron chi connectivity index (χ4n) is 1.83. The fourth-order valence-corrected chi connectivity index (χ4v) is 2.70. The van der Waals surface area contributed by atoms with E-state index in [1.807, 2.05) is 36.9 Å². The minimum Gasteiger partial charge on any atom is -0.396 e. The van der Waals surface area contributed by atoms with Gasteiger partial charge in [-0.25, -0.2) is 0 Å². The number of nitrogens with zero attached hydrogens (tertiary/aromatic N) is 1. The van der Waals surface area contributed by atoms with Crippen LogP contribution in [0.5, 0.6) is 0 Å². The summed E-state index contributed by atoms with van der Waals surface area (Å²) in [7, 11) is 0. The topological polar surface area (TPSA) is 40.5 Å². The number of thioether (sulfide) groups is 1. The quantitative estimate of drug-likeness (QED) is 0.796. The van der Waals surface area contributed by atoms with Gasteiger partial charge in [0, 0.05) is 24.9 Å². The van der Waals surface area contributed by atoms with Gasteiger partial charge in [-0.3, -0.25) is 4.79 Å². The van der Waals surface area contributed by atoms with E-state index >= 15 is 0 Å². The van der Waals surface area contributed by atoms with Gasteiger partial charge in [0.2, 0.25) is 5.91 Å². The van der Waals surface area contributed by atoms with Crippen molar-refractivity contribution in [1.82, 2.24) is 4.90 Å². The van der Waals surface area contributed by atoms with Crippen LogP contribution in [0.2, 0.25) is 0 Å². The van der Waals surface area contributed by atoms with Crippen LogP contribution in [0.4, 0.5) is 0 Å². The highest BCUT2D eigenvalue weighted by atomic mass is 32.2. The molecule has 0 aliphatic rings. The molecule has 0 radical (unpaired) electrons. The predicted molar refractivity (Wildman–Crippen MR) is 81.2 cm³/mol. The molecule has 3 nitrogen and oxygen atoms in total. The number of amides is 1. The summed E-state index contributed by atoms with van der Waals surface area (Å²) in [5, 5.41) is 8.86.